The minimum Gasteiger partial charge on any atom is -0.390 e. The van der Waals surface area contributed by atoms with Gasteiger partial charge in [-0.2, -0.15) is 0 Å². The molecule has 2 N–H and O–H groups in total. The number of likely N-dealkylation sites (N-methyl/N-ethyl adjacent to an activating group) is 1. The third-order valence-corrected chi connectivity index (χ3v) is 3.34. The Balaban J connectivity index is 2.10. The van der Waals surface area contributed by atoms with Crippen LogP contribution >= 0.6 is 0 Å². The van der Waals surface area contributed by atoms with Crippen molar-refractivity contribution in [2.45, 2.75) is 44.8 Å². The summed E-state index contributed by atoms with van der Waals surface area (Å²) in [6.07, 6.45) is 5.01. The third-order valence-electron chi connectivity index (χ3n) is 3.34. The second-order valence-electron chi connectivity index (χ2n) is 5.11. The van der Waals surface area contributed by atoms with Crippen LogP contribution in [-0.2, 0) is 0 Å². The van der Waals surface area contributed by atoms with Gasteiger partial charge in [-0.15, -0.1) is 0 Å². The molecular weight excluding hydrogens is 188 g/mol. The van der Waals surface area contributed by atoms with Crippen molar-refractivity contribution in [3.05, 3.63) is 0 Å². The van der Waals surface area contributed by atoms with E-state index in [0.29, 0.717) is 6.04 Å². The van der Waals surface area contributed by atoms with Crippen LogP contribution in [0.15, 0.2) is 0 Å². The Labute approximate surface area is 93.9 Å². The van der Waals surface area contributed by atoms with Crippen LogP contribution < -0.4 is 5.32 Å². The van der Waals surface area contributed by atoms with E-state index in [0.717, 1.165) is 19.0 Å². The summed E-state index contributed by atoms with van der Waals surface area (Å²) in [6.45, 7) is 3.75. The fraction of sp³-hybridized carbons (Fsp3) is 1.00. The zero-order valence-corrected chi connectivity index (χ0v) is 10.4. The first kappa shape index (κ1) is 12.9. The van der Waals surface area contributed by atoms with Gasteiger partial charge in [0.15, 0.2) is 0 Å². The van der Waals surface area contributed by atoms with Crippen molar-refractivity contribution in [1.29, 1.82) is 0 Å². The summed E-state index contributed by atoms with van der Waals surface area (Å²) in [4.78, 5) is 2.02. The van der Waals surface area contributed by atoms with Crippen molar-refractivity contribution in [1.82, 2.24) is 10.2 Å². The van der Waals surface area contributed by atoms with Crippen LogP contribution in [0.3, 0.4) is 0 Å². The maximum absolute atomic E-state index is 9.70. The molecule has 0 aliphatic heterocycles. The van der Waals surface area contributed by atoms with E-state index in [1.54, 1.807) is 0 Å². The van der Waals surface area contributed by atoms with Gasteiger partial charge in [-0.1, -0.05) is 13.3 Å². The molecule has 0 saturated heterocycles. The molecule has 3 nitrogen and oxygen atoms in total. The molecule has 1 aliphatic carbocycles. The first-order chi connectivity index (χ1) is 7.11. The Bertz CT molecular complexity index is 173. The lowest BCUT2D eigenvalue weighted by atomic mass is 10.1. The van der Waals surface area contributed by atoms with Gasteiger partial charge in [0.1, 0.15) is 0 Å². The number of nitrogens with zero attached hydrogens (tertiary/aromatic N) is 1. The van der Waals surface area contributed by atoms with Gasteiger partial charge < -0.3 is 15.3 Å². The Morgan fingerprint density at radius 1 is 1.40 bits per heavy atom. The second kappa shape index (κ2) is 6.46. The minimum absolute atomic E-state index is 0.235. The summed E-state index contributed by atoms with van der Waals surface area (Å²) in [5.74, 6) is 0.911. The van der Waals surface area contributed by atoms with Crippen molar-refractivity contribution < 1.29 is 5.11 Å². The average Bonchev–Trinajstić information content (AvgIpc) is 2.61. The smallest absolute Gasteiger partial charge is 0.0791 e. The predicted octanol–water partition coefficient (Wildman–Crippen LogP) is 1.08. The van der Waals surface area contributed by atoms with Crippen molar-refractivity contribution in [3.63, 3.8) is 0 Å². The van der Waals surface area contributed by atoms with Gasteiger partial charge in [0.05, 0.1) is 6.10 Å². The molecule has 90 valence electrons. The molecule has 0 radical (unpaired) electrons. The molecule has 15 heavy (non-hydrogen) atoms. The lowest BCUT2D eigenvalue weighted by Gasteiger charge is -2.19. The highest BCUT2D eigenvalue weighted by molar-refractivity contribution is 4.80. The summed E-state index contributed by atoms with van der Waals surface area (Å²) in [7, 11) is 3.98. The molecule has 1 aliphatic rings. The fourth-order valence-electron chi connectivity index (χ4n) is 2.42. The van der Waals surface area contributed by atoms with Gasteiger partial charge in [0.25, 0.3) is 0 Å². The van der Waals surface area contributed by atoms with Crippen LogP contribution in [0.25, 0.3) is 0 Å². The van der Waals surface area contributed by atoms with Gasteiger partial charge in [-0.3, -0.25) is 0 Å². The van der Waals surface area contributed by atoms with Gasteiger partial charge in [-0.25, -0.2) is 0 Å². The van der Waals surface area contributed by atoms with Crippen LogP contribution in [0.4, 0.5) is 0 Å². The summed E-state index contributed by atoms with van der Waals surface area (Å²) >= 11 is 0. The normalized spacial score (nSPS) is 28.6. The molecule has 0 bridgehead atoms. The fourth-order valence-corrected chi connectivity index (χ4v) is 2.42. The van der Waals surface area contributed by atoms with E-state index in [1.807, 2.05) is 19.0 Å². The SMILES string of the molecule is CCC1CCC(NCC(O)CN(C)C)C1. The molecule has 1 fully saturated rings. The molecule has 0 aromatic rings. The van der Waals surface area contributed by atoms with E-state index in [1.165, 1.54) is 25.7 Å². The highest BCUT2D eigenvalue weighted by Gasteiger charge is 2.23. The van der Waals surface area contributed by atoms with Crippen LogP contribution in [0, 0.1) is 5.92 Å². The van der Waals surface area contributed by atoms with E-state index in [9.17, 15) is 5.11 Å². The zero-order valence-electron chi connectivity index (χ0n) is 10.4. The lowest BCUT2D eigenvalue weighted by Crippen LogP contribution is -2.38. The maximum atomic E-state index is 9.70. The molecule has 1 saturated carbocycles. The summed E-state index contributed by atoms with van der Waals surface area (Å²) in [5.41, 5.74) is 0. The van der Waals surface area contributed by atoms with Crippen LogP contribution in [0.2, 0.25) is 0 Å². The van der Waals surface area contributed by atoms with Gasteiger partial charge in [-0.05, 0) is 39.3 Å². The monoisotopic (exact) mass is 214 g/mol. The third kappa shape index (κ3) is 4.96. The van der Waals surface area contributed by atoms with Crippen molar-refractivity contribution in [2.24, 2.45) is 5.92 Å². The van der Waals surface area contributed by atoms with E-state index in [-0.39, 0.29) is 6.10 Å². The Morgan fingerprint density at radius 2 is 2.13 bits per heavy atom. The first-order valence-electron chi connectivity index (χ1n) is 6.18. The van der Waals surface area contributed by atoms with Gasteiger partial charge >= 0.3 is 0 Å². The van der Waals surface area contributed by atoms with Crippen LogP contribution in [-0.4, -0.2) is 49.3 Å². The standard InChI is InChI=1S/C12H26N2O/c1-4-10-5-6-11(7-10)13-8-12(15)9-14(2)3/h10-13,15H,4-9H2,1-3H3. The molecule has 1 rings (SSSR count). The summed E-state index contributed by atoms with van der Waals surface area (Å²) in [6, 6.07) is 0.645. The van der Waals surface area contributed by atoms with Gasteiger partial charge in [0.2, 0.25) is 0 Å². The lowest BCUT2D eigenvalue weighted by molar-refractivity contribution is 0.131. The topological polar surface area (TPSA) is 35.5 Å². The average molecular weight is 214 g/mol. The molecule has 0 amide bonds. The number of hydrogen-bond acceptors (Lipinski definition) is 3. The number of rotatable bonds is 6. The Hall–Kier alpha value is -0.120. The molecule has 0 heterocycles. The summed E-state index contributed by atoms with van der Waals surface area (Å²) < 4.78 is 0. The number of aliphatic hydroxyl groups is 1. The Kier molecular flexibility index (Phi) is 5.58. The van der Waals surface area contributed by atoms with E-state index >= 15 is 0 Å². The number of nitrogens with one attached hydrogen (secondary N) is 1. The predicted molar refractivity (Wildman–Crippen MR) is 64.0 cm³/mol. The summed E-state index contributed by atoms with van der Waals surface area (Å²) in [5, 5.41) is 13.2. The van der Waals surface area contributed by atoms with E-state index < -0.39 is 0 Å². The van der Waals surface area contributed by atoms with E-state index in [2.05, 4.69) is 12.2 Å². The highest BCUT2D eigenvalue weighted by atomic mass is 16.3. The molecule has 3 heteroatoms. The molecule has 3 atom stereocenters. The second-order valence-corrected chi connectivity index (χ2v) is 5.11. The molecule has 0 spiro atoms. The quantitative estimate of drug-likeness (QED) is 0.694. The van der Waals surface area contributed by atoms with Crippen LogP contribution in [0.5, 0.6) is 0 Å². The molecule has 3 unspecified atom stereocenters. The maximum Gasteiger partial charge on any atom is 0.0791 e. The van der Waals surface area contributed by atoms with Crippen LogP contribution in [0.1, 0.15) is 32.6 Å². The Morgan fingerprint density at radius 3 is 2.67 bits per heavy atom. The molecular formula is C12H26N2O. The first-order valence-corrected chi connectivity index (χ1v) is 6.18. The number of hydrogen-bond donors (Lipinski definition) is 2. The highest BCUT2D eigenvalue weighted by Crippen LogP contribution is 2.27. The van der Waals surface area contributed by atoms with Crippen molar-refractivity contribution in [2.75, 3.05) is 27.2 Å². The van der Waals surface area contributed by atoms with E-state index in [4.69, 9.17) is 0 Å². The number of aliphatic hydroxyl groups excluding tert-OH is 1. The largest absolute Gasteiger partial charge is 0.390 e. The molecule has 0 aromatic heterocycles. The van der Waals surface area contributed by atoms with Crippen molar-refractivity contribution in [3.8, 4) is 0 Å². The zero-order chi connectivity index (χ0) is 11.3. The minimum atomic E-state index is -0.235. The van der Waals surface area contributed by atoms with Crippen molar-refractivity contribution >= 4 is 0 Å². The van der Waals surface area contributed by atoms with Gasteiger partial charge in [0, 0.05) is 19.1 Å². The molecule has 0 aromatic carbocycles.